The highest BCUT2D eigenvalue weighted by Gasteiger charge is 2.23. The number of allylic oxidation sites excluding steroid dienone is 4. The van der Waals surface area contributed by atoms with Gasteiger partial charge >= 0.3 is 0 Å². The van der Waals surface area contributed by atoms with E-state index in [9.17, 15) is 0 Å². The van der Waals surface area contributed by atoms with Crippen LogP contribution >= 0.6 is 0 Å². The van der Waals surface area contributed by atoms with Gasteiger partial charge in [-0.05, 0) is 18.9 Å². The summed E-state index contributed by atoms with van der Waals surface area (Å²) in [6.07, 6.45) is 6.85. The highest BCUT2D eigenvalue weighted by Crippen LogP contribution is 2.21. The highest BCUT2D eigenvalue weighted by atomic mass is 16.6. The van der Waals surface area contributed by atoms with Gasteiger partial charge in [0.05, 0.1) is 12.4 Å². The van der Waals surface area contributed by atoms with Crippen LogP contribution in [0.4, 0.5) is 0 Å². The normalized spacial score (nSPS) is 21.4. The van der Waals surface area contributed by atoms with E-state index in [-0.39, 0.29) is 0 Å². The first-order valence-corrected chi connectivity index (χ1v) is 6.47. The largest absolute Gasteiger partial charge is 0.495 e. The quantitative estimate of drug-likeness (QED) is 0.676. The maximum atomic E-state index is 5.62. The Bertz CT molecular complexity index is 225. The minimum absolute atomic E-state index is 0.371. The van der Waals surface area contributed by atoms with Gasteiger partial charge in [-0.15, -0.1) is 0 Å². The van der Waals surface area contributed by atoms with Gasteiger partial charge in [-0.2, -0.15) is 0 Å². The molecule has 1 fully saturated rings. The molecule has 2 rings (SSSR count). The molecule has 2 aliphatic rings. The van der Waals surface area contributed by atoms with Crippen LogP contribution < -0.4 is 0 Å². The van der Waals surface area contributed by atoms with Crippen molar-refractivity contribution in [3.05, 3.63) is 23.5 Å². The Hall–Kier alpha value is -0.760. The molecule has 2 heteroatoms. The average molecular weight is 226 g/mol. The molecule has 1 aliphatic heterocycles. The Labute approximate surface area is 100 Å². The van der Waals surface area contributed by atoms with Gasteiger partial charge < -0.3 is 9.47 Å². The van der Waals surface area contributed by atoms with E-state index in [1.807, 2.05) is 27.7 Å². The fraction of sp³-hybridized carbons (Fsp3) is 0.714. The molecule has 1 unspecified atom stereocenters. The molecule has 0 N–H and O–H groups in total. The molecule has 0 spiro atoms. The van der Waals surface area contributed by atoms with E-state index in [4.69, 9.17) is 9.47 Å². The molecular weight excluding hydrogens is 200 g/mol. The van der Waals surface area contributed by atoms with Gasteiger partial charge in [0.25, 0.3) is 0 Å². The van der Waals surface area contributed by atoms with E-state index in [0.29, 0.717) is 6.10 Å². The molecule has 0 saturated carbocycles. The topological polar surface area (TPSA) is 21.8 Å². The minimum atomic E-state index is 0.371. The molecule has 0 bridgehead atoms. The maximum absolute atomic E-state index is 5.62. The molecule has 1 heterocycles. The van der Waals surface area contributed by atoms with Gasteiger partial charge in [-0.3, -0.25) is 0 Å². The van der Waals surface area contributed by atoms with Crippen LogP contribution in [-0.2, 0) is 9.47 Å². The third-order valence-corrected chi connectivity index (χ3v) is 2.19. The number of epoxide rings is 1. The molecule has 94 valence electrons. The number of hydrogen-bond donors (Lipinski definition) is 0. The molecule has 0 radical (unpaired) electrons. The first kappa shape index (κ1) is 15.2. The Balaban J connectivity index is 0.000000509. The van der Waals surface area contributed by atoms with Crippen molar-refractivity contribution in [1.29, 1.82) is 0 Å². The van der Waals surface area contributed by atoms with E-state index >= 15 is 0 Å². The Morgan fingerprint density at radius 3 is 2.44 bits per heavy atom. The monoisotopic (exact) mass is 226 g/mol. The highest BCUT2D eigenvalue weighted by molar-refractivity contribution is 5.23. The second-order valence-electron chi connectivity index (χ2n) is 3.31. The van der Waals surface area contributed by atoms with Crippen LogP contribution in [0.25, 0.3) is 0 Å². The van der Waals surface area contributed by atoms with Crippen LogP contribution in [0.3, 0.4) is 0 Å². The molecular formula is C14H26O2. The SMILES string of the molecule is CC.CC.CC1=C(OCC2CO2)CCC=C1. The number of rotatable bonds is 3. The summed E-state index contributed by atoms with van der Waals surface area (Å²) in [6, 6.07) is 0. The summed E-state index contributed by atoms with van der Waals surface area (Å²) < 4.78 is 10.7. The Kier molecular flexibility index (Phi) is 9.02. The summed E-state index contributed by atoms with van der Waals surface area (Å²) in [5.41, 5.74) is 1.27. The van der Waals surface area contributed by atoms with E-state index in [1.54, 1.807) is 0 Å². The fourth-order valence-corrected chi connectivity index (χ4v) is 1.31. The summed E-state index contributed by atoms with van der Waals surface area (Å²) in [6.45, 7) is 11.7. The van der Waals surface area contributed by atoms with Crippen LogP contribution in [-0.4, -0.2) is 19.3 Å². The summed E-state index contributed by atoms with van der Waals surface area (Å²) in [5.74, 6) is 1.15. The van der Waals surface area contributed by atoms with Crippen molar-refractivity contribution in [1.82, 2.24) is 0 Å². The smallest absolute Gasteiger partial charge is 0.116 e. The van der Waals surface area contributed by atoms with Gasteiger partial charge in [-0.1, -0.05) is 39.8 Å². The molecule has 0 aromatic heterocycles. The predicted molar refractivity (Wildman–Crippen MR) is 69.5 cm³/mol. The van der Waals surface area contributed by atoms with Crippen LogP contribution in [0.2, 0.25) is 0 Å². The van der Waals surface area contributed by atoms with Crippen LogP contribution in [0, 0.1) is 0 Å². The van der Waals surface area contributed by atoms with E-state index in [2.05, 4.69) is 19.1 Å². The number of hydrogen-bond acceptors (Lipinski definition) is 2. The molecule has 1 aliphatic carbocycles. The van der Waals surface area contributed by atoms with Gasteiger partial charge in [-0.25, -0.2) is 0 Å². The second-order valence-corrected chi connectivity index (χ2v) is 3.31. The Morgan fingerprint density at radius 2 is 1.94 bits per heavy atom. The zero-order valence-corrected chi connectivity index (χ0v) is 11.4. The second kappa shape index (κ2) is 9.46. The van der Waals surface area contributed by atoms with E-state index in [1.165, 1.54) is 5.57 Å². The van der Waals surface area contributed by atoms with Crippen LogP contribution in [0.1, 0.15) is 47.5 Å². The van der Waals surface area contributed by atoms with Crippen molar-refractivity contribution in [3.63, 3.8) is 0 Å². The third-order valence-electron chi connectivity index (χ3n) is 2.19. The van der Waals surface area contributed by atoms with Gasteiger partial charge in [0.15, 0.2) is 0 Å². The molecule has 1 atom stereocenters. The minimum Gasteiger partial charge on any atom is -0.495 e. The zero-order chi connectivity index (χ0) is 12.4. The van der Waals surface area contributed by atoms with Crippen molar-refractivity contribution >= 4 is 0 Å². The van der Waals surface area contributed by atoms with Gasteiger partial charge in [0, 0.05) is 6.42 Å². The molecule has 0 aromatic rings. The van der Waals surface area contributed by atoms with Crippen LogP contribution in [0.5, 0.6) is 0 Å². The fourth-order valence-electron chi connectivity index (χ4n) is 1.31. The lowest BCUT2D eigenvalue weighted by Gasteiger charge is -2.13. The van der Waals surface area contributed by atoms with E-state index < -0.39 is 0 Å². The summed E-state index contributed by atoms with van der Waals surface area (Å²) in [5, 5.41) is 0. The molecule has 2 nitrogen and oxygen atoms in total. The first-order chi connectivity index (χ1) is 7.86. The maximum Gasteiger partial charge on any atom is 0.116 e. The third kappa shape index (κ3) is 5.96. The van der Waals surface area contributed by atoms with E-state index in [0.717, 1.165) is 31.8 Å². The standard InChI is InChI=1S/C10H14O2.2C2H6/c1-8-4-2-3-5-10(8)12-7-9-6-11-9;2*1-2/h2,4,9H,3,5-7H2,1H3;2*1-2H3. The molecule has 16 heavy (non-hydrogen) atoms. The molecule has 1 saturated heterocycles. The lowest BCUT2D eigenvalue weighted by molar-refractivity contribution is 0.172. The lowest BCUT2D eigenvalue weighted by atomic mass is 10.1. The van der Waals surface area contributed by atoms with Crippen molar-refractivity contribution < 1.29 is 9.47 Å². The van der Waals surface area contributed by atoms with Gasteiger partial charge in [0.2, 0.25) is 0 Å². The van der Waals surface area contributed by atoms with Gasteiger partial charge in [0.1, 0.15) is 12.7 Å². The first-order valence-electron chi connectivity index (χ1n) is 6.47. The molecule has 0 amide bonds. The predicted octanol–water partition coefficient (Wildman–Crippen LogP) is 4.08. The van der Waals surface area contributed by atoms with Crippen molar-refractivity contribution in [3.8, 4) is 0 Å². The summed E-state index contributed by atoms with van der Waals surface area (Å²) >= 11 is 0. The average Bonchev–Trinajstić information content (AvgIpc) is 3.17. The summed E-state index contributed by atoms with van der Waals surface area (Å²) in [4.78, 5) is 0. The number of ether oxygens (including phenoxy) is 2. The van der Waals surface area contributed by atoms with Crippen molar-refractivity contribution in [2.45, 2.75) is 53.6 Å². The molecule has 0 aromatic carbocycles. The van der Waals surface area contributed by atoms with Crippen molar-refractivity contribution in [2.24, 2.45) is 0 Å². The zero-order valence-electron chi connectivity index (χ0n) is 11.4. The van der Waals surface area contributed by atoms with Crippen molar-refractivity contribution in [2.75, 3.05) is 13.2 Å². The Morgan fingerprint density at radius 1 is 1.31 bits per heavy atom. The van der Waals surface area contributed by atoms with Crippen LogP contribution in [0.15, 0.2) is 23.5 Å². The lowest BCUT2D eigenvalue weighted by Crippen LogP contribution is -2.04. The summed E-state index contributed by atoms with van der Waals surface area (Å²) in [7, 11) is 0.